The van der Waals surface area contributed by atoms with E-state index in [0.717, 1.165) is 23.5 Å². The molecule has 0 fully saturated rings. The third-order valence-electron chi connectivity index (χ3n) is 3.73. The van der Waals surface area contributed by atoms with E-state index in [4.69, 9.17) is 9.05 Å². The number of thioether (sulfide) groups is 2. The van der Waals surface area contributed by atoms with Crippen molar-refractivity contribution < 1.29 is 23.2 Å². The fourth-order valence-corrected chi connectivity index (χ4v) is 5.55. The molecule has 0 aromatic heterocycles. The monoisotopic (exact) mass is 452 g/mol. The van der Waals surface area contributed by atoms with Crippen molar-refractivity contribution in [2.75, 3.05) is 30.9 Å². The van der Waals surface area contributed by atoms with Gasteiger partial charge in [-0.2, -0.15) is 0 Å². The first kappa shape index (κ1) is 23.9. The second kappa shape index (κ2) is 13.0. The first-order chi connectivity index (χ1) is 14.0. The van der Waals surface area contributed by atoms with Crippen molar-refractivity contribution in [2.45, 2.75) is 13.3 Å². The van der Waals surface area contributed by atoms with Gasteiger partial charge in [0.15, 0.2) is 0 Å². The second-order valence-corrected chi connectivity index (χ2v) is 10.3. The predicted molar refractivity (Wildman–Crippen MR) is 121 cm³/mol. The molecular formula is C21H25O5PS2. The maximum Gasteiger partial charge on any atom is 0.330 e. The van der Waals surface area contributed by atoms with E-state index in [1.165, 1.54) is 0 Å². The minimum Gasteiger partial charge on any atom is -0.308 e. The molecule has 0 aliphatic heterocycles. The molecule has 0 atom stereocenters. The summed E-state index contributed by atoms with van der Waals surface area (Å²) in [6.07, 6.45) is 0.963. The van der Waals surface area contributed by atoms with Gasteiger partial charge in [0.2, 0.25) is 10.2 Å². The molecule has 0 unspecified atom stereocenters. The lowest BCUT2D eigenvalue weighted by Gasteiger charge is -2.17. The van der Waals surface area contributed by atoms with Crippen LogP contribution in [0.5, 0.6) is 0 Å². The van der Waals surface area contributed by atoms with Gasteiger partial charge in [0.1, 0.15) is 0 Å². The molecule has 2 rings (SSSR count). The van der Waals surface area contributed by atoms with Gasteiger partial charge in [0, 0.05) is 28.8 Å². The molecule has 0 spiro atoms. The van der Waals surface area contributed by atoms with E-state index < -0.39 is 7.60 Å². The van der Waals surface area contributed by atoms with Crippen molar-refractivity contribution in [3.8, 4) is 0 Å². The Hall–Kier alpha value is -1.37. The topological polar surface area (TPSA) is 69.7 Å². The molecule has 0 bridgehead atoms. The molecule has 8 heteroatoms. The summed E-state index contributed by atoms with van der Waals surface area (Å²) < 4.78 is 23.8. The number of benzene rings is 2. The molecule has 29 heavy (non-hydrogen) atoms. The van der Waals surface area contributed by atoms with Crippen LogP contribution in [0.4, 0.5) is 0 Å². The van der Waals surface area contributed by atoms with Gasteiger partial charge < -0.3 is 9.05 Å². The second-order valence-electron chi connectivity index (χ2n) is 6.00. The van der Waals surface area contributed by atoms with Crippen LogP contribution in [0.25, 0.3) is 0 Å². The average molecular weight is 453 g/mol. The maximum absolute atomic E-state index is 12.8. The average Bonchev–Trinajstić information content (AvgIpc) is 2.75. The number of hydrogen-bond acceptors (Lipinski definition) is 7. The minimum absolute atomic E-state index is 0.0451. The van der Waals surface area contributed by atoms with Crippen LogP contribution in [0.2, 0.25) is 0 Å². The molecule has 2 aromatic rings. The lowest BCUT2D eigenvalue weighted by atomic mass is 10.2. The Bertz CT molecular complexity index is 751. The Morgan fingerprint density at radius 3 is 1.59 bits per heavy atom. The van der Waals surface area contributed by atoms with Crippen LogP contribution in [0, 0.1) is 0 Å². The molecule has 0 aliphatic rings. The fraction of sp³-hybridized carbons (Fsp3) is 0.333. The van der Waals surface area contributed by atoms with E-state index in [2.05, 4.69) is 0 Å². The number of carbonyl (C=O) groups excluding carboxylic acids is 2. The van der Waals surface area contributed by atoms with E-state index in [1.807, 2.05) is 43.3 Å². The minimum atomic E-state index is -3.23. The fourth-order valence-electron chi connectivity index (χ4n) is 2.38. The van der Waals surface area contributed by atoms with Crippen LogP contribution in [-0.4, -0.2) is 41.1 Å². The van der Waals surface area contributed by atoms with Crippen LogP contribution in [0.15, 0.2) is 60.7 Å². The first-order valence-electron chi connectivity index (χ1n) is 9.36. The van der Waals surface area contributed by atoms with Crippen molar-refractivity contribution in [1.82, 2.24) is 0 Å². The highest BCUT2D eigenvalue weighted by molar-refractivity contribution is 8.14. The van der Waals surface area contributed by atoms with Crippen LogP contribution in [0.3, 0.4) is 0 Å². The van der Waals surface area contributed by atoms with Crippen molar-refractivity contribution in [3.05, 3.63) is 71.8 Å². The number of hydrogen-bond donors (Lipinski definition) is 0. The zero-order valence-corrected chi connectivity index (χ0v) is 18.8. The van der Waals surface area contributed by atoms with E-state index in [-0.39, 0.29) is 23.4 Å². The molecule has 156 valence electrons. The standard InChI is InChI=1S/C21H25O5PS2/c1-2-15-27(24,25-13-16-28-20(22)18-9-5-3-6-10-18)26-14-17-29-21(23)19-11-7-4-8-12-19/h3-12H,2,13-17H2,1H3. The van der Waals surface area contributed by atoms with Crippen molar-refractivity contribution in [2.24, 2.45) is 0 Å². The molecule has 0 amide bonds. The normalized spacial score (nSPS) is 11.3. The van der Waals surface area contributed by atoms with Crippen LogP contribution in [-0.2, 0) is 13.6 Å². The first-order valence-corrected chi connectivity index (χ1v) is 13.1. The Labute approximate surface area is 180 Å². The highest BCUT2D eigenvalue weighted by Gasteiger charge is 2.23. The van der Waals surface area contributed by atoms with Crippen LogP contribution >= 0.6 is 31.1 Å². The van der Waals surface area contributed by atoms with E-state index in [0.29, 0.717) is 35.2 Å². The van der Waals surface area contributed by atoms with Crippen LogP contribution in [0.1, 0.15) is 34.1 Å². The van der Waals surface area contributed by atoms with Gasteiger partial charge in [-0.15, -0.1) is 0 Å². The molecule has 5 nitrogen and oxygen atoms in total. The summed E-state index contributed by atoms with van der Waals surface area (Å²) in [6.45, 7) is 2.23. The number of rotatable bonds is 12. The zero-order valence-electron chi connectivity index (χ0n) is 16.3. The quantitative estimate of drug-likeness (QED) is 0.299. The van der Waals surface area contributed by atoms with Gasteiger partial charge in [-0.3, -0.25) is 14.2 Å². The molecule has 0 heterocycles. The van der Waals surface area contributed by atoms with Gasteiger partial charge in [-0.05, 0) is 6.42 Å². The summed E-state index contributed by atoms with van der Waals surface area (Å²) in [6, 6.07) is 18.0. The molecule has 2 aromatic carbocycles. The summed E-state index contributed by atoms with van der Waals surface area (Å²) in [4.78, 5) is 24.1. The lowest BCUT2D eigenvalue weighted by molar-refractivity contribution is 0.108. The van der Waals surface area contributed by atoms with Crippen molar-refractivity contribution >= 4 is 41.4 Å². The van der Waals surface area contributed by atoms with Gasteiger partial charge >= 0.3 is 7.60 Å². The summed E-state index contributed by atoms with van der Waals surface area (Å²) in [5.74, 6) is 0.790. The highest BCUT2D eigenvalue weighted by Crippen LogP contribution is 2.48. The van der Waals surface area contributed by atoms with Crippen molar-refractivity contribution in [1.29, 1.82) is 0 Å². The van der Waals surface area contributed by atoms with Gasteiger partial charge in [-0.1, -0.05) is 91.1 Å². The maximum atomic E-state index is 12.8. The lowest BCUT2D eigenvalue weighted by Crippen LogP contribution is -2.07. The van der Waals surface area contributed by atoms with E-state index in [9.17, 15) is 14.2 Å². The van der Waals surface area contributed by atoms with E-state index >= 15 is 0 Å². The van der Waals surface area contributed by atoms with Gasteiger partial charge in [0.25, 0.3) is 0 Å². The SMILES string of the molecule is CCCP(=O)(OCCSC(=O)c1ccccc1)OCCSC(=O)c1ccccc1. The summed E-state index contributed by atoms with van der Waals surface area (Å²) >= 11 is 2.26. The van der Waals surface area contributed by atoms with Gasteiger partial charge in [0.05, 0.1) is 13.2 Å². The van der Waals surface area contributed by atoms with Gasteiger partial charge in [-0.25, -0.2) is 0 Å². The van der Waals surface area contributed by atoms with Crippen LogP contribution < -0.4 is 0 Å². The third-order valence-corrected chi connectivity index (χ3v) is 7.61. The smallest absolute Gasteiger partial charge is 0.308 e. The molecule has 0 saturated heterocycles. The Morgan fingerprint density at radius 2 is 1.21 bits per heavy atom. The Balaban J connectivity index is 1.70. The highest BCUT2D eigenvalue weighted by atomic mass is 32.2. The Morgan fingerprint density at radius 1 is 0.793 bits per heavy atom. The summed E-state index contributed by atoms with van der Waals surface area (Å²) in [7, 11) is -3.23. The Kier molecular flexibility index (Phi) is 10.7. The molecule has 0 aliphatic carbocycles. The molecular weight excluding hydrogens is 427 g/mol. The predicted octanol–water partition coefficient (Wildman–Crippen LogP) is 5.77. The number of carbonyl (C=O) groups is 2. The molecule has 0 radical (unpaired) electrons. The summed E-state index contributed by atoms with van der Waals surface area (Å²) in [5, 5.41) is -0.0902. The zero-order chi connectivity index (χ0) is 21.0. The van der Waals surface area contributed by atoms with Crippen molar-refractivity contribution in [3.63, 3.8) is 0 Å². The summed E-state index contributed by atoms with van der Waals surface area (Å²) in [5.41, 5.74) is 1.26. The van der Waals surface area contributed by atoms with E-state index in [1.54, 1.807) is 24.3 Å². The molecule has 0 saturated carbocycles. The third kappa shape index (κ3) is 8.89. The largest absolute Gasteiger partial charge is 0.330 e. The molecule has 0 N–H and O–H groups in total.